The van der Waals surface area contributed by atoms with Gasteiger partial charge in [-0.15, -0.1) is 0 Å². The summed E-state index contributed by atoms with van der Waals surface area (Å²) in [6.07, 6.45) is 10.0. The van der Waals surface area contributed by atoms with Gasteiger partial charge in [0.25, 0.3) is 0 Å². The summed E-state index contributed by atoms with van der Waals surface area (Å²) in [6, 6.07) is 0.460. The Labute approximate surface area is 113 Å². The number of likely N-dealkylation sites (tertiary alicyclic amines) is 1. The Hall–Kier alpha value is -0.120. The minimum absolute atomic E-state index is 0.460. The van der Waals surface area contributed by atoms with Crippen molar-refractivity contribution in [2.75, 3.05) is 32.8 Å². The van der Waals surface area contributed by atoms with Crippen molar-refractivity contribution in [2.24, 2.45) is 5.73 Å². The molecule has 1 heterocycles. The molecule has 0 saturated carbocycles. The van der Waals surface area contributed by atoms with Crippen LogP contribution in [0.25, 0.3) is 0 Å². The number of nitrogens with zero attached hydrogens (tertiary/aromatic N) is 1. The van der Waals surface area contributed by atoms with E-state index >= 15 is 0 Å². The molecule has 2 N–H and O–H groups in total. The largest absolute Gasteiger partial charge is 0.381 e. The van der Waals surface area contributed by atoms with E-state index in [1.54, 1.807) is 0 Å². The molecule has 3 nitrogen and oxygen atoms in total. The van der Waals surface area contributed by atoms with Crippen molar-refractivity contribution in [3.05, 3.63) is 0 Å². The third kappa shape index (κ3) is 8.06. The summed E-state index contributed by atoms with van der Waals surface area (Å²) in [5, 5.41) is 0. The average Bonchev–Trinajstić information content (AvgIpc) is 2.39. The summed E-state index contributed by atoms with van der Waals surface area (Å²) >= 11 is 0. The number of unbranched alkanes of at least 4 members (excludes halogenated alkanes) is 4. The molecule has 0 aliphatic carbocycles. The summed E-state index contributed by atoms with van der Waals surface area (Å²) in [5.41, 5.74) is 5.90. The zero-order chi connectivity index (χ0) is 13.1. The fourth-order valence-electron chi connectivity index (χ4n) is 2.42. The maximum Gasteiger partial charge on any atom is 0.0466 e. The number of ether oxygens (including phenoxy) is 1. The van der Waals surface area contributed by atoms with Crippen LogP contribution >= 0.6 is 0 Å². The fraction of sp³-hybridized carbons (Fsp3) is 1.00. The summed E-state index contributed by atoms with van der Waals surface area (Å²) in [5.74, 6) is 0. The molecule has 0 amide bonds. The molecule has 1 saturated heterocycles. The lowest BCUT2D eigenvalue weighted by Crippen LogP contribution is -2.39. The second-order valence-corrected chi connectivity index (χ2v) is 5.56. The molecule has 1 aliphatic rings. The molecule has 0 aromatic rings. The maximum atomic E-state index is 5.90. The summed E-state index contributed by atoms with van der Waals surface area (Å²) in [6.45, 7) is 7.80. The van der Waals surface area contributed by atoms with Crippen molar-refractivity contribution in [3.8, 4) is 0 Å². The van der Waals surface area contributed by atoms with Gasteiger partial charge >= 0.3 is 0 Å². The van der Waals surface area contributed by atoms with E-state index in [9.17, 15) is 0 Å². The van der Waals surface area contributed by atoms with Gasteiger partial charge in [-0.3, -0.25) is 0 Å². The van der Waals surface area contributed by atoms with Gasteiger partial charge in [0.15, 0.2) is 0 Å². The first-order valence-corrected chi connectivity index (χ1v) is 7.88. The van der Waals surface area contributed by atoms with E-state index in [2.05, 4.69) is 11.8 Å². The van der Waals surface area contributed by atoms with Crippen LogP contribution in [0, 0.1) is 0 Å². The fourth-order valence-corrected chi connectivity index (χ4v) is 2.42. The van der Waals surface area contributed by atoms with Gasteiger partial charge in [-0.2, -0.15) is 0 Å². The molecule has 0 unspecified atom stereocenters. The molecule has 0 spiro atoms. The first-order chi connectivity index (χ1) is 8.83. The number of nitrogens with two attached hydrogens (primary N) is 1. The Morgan fingerprint density at radius 1 is 1.00 bits per heavy atom. The minimum Gasteiger partial charge on any atom is -0.381 e. The molecule has 0 bridgehead atoms. The Bertz CT molecular complexity index is 179. The highest BCUT2D eigenvalue weighted by atomic mass is 16.5. The van der Waals surface area contributed by atoms with Crippen molar-refractivity contribution < 1.29 is 4.74 Å². The zero-order valence-corrected chi connectivity index (χ0v) is 12.2. The van der Waals surface area contributed by atoms with E-state index < -0.39 is 0 Å². The first kappa shape index (κ1) is 15.9. The predicted octanol–water partition coefficient (Wildman–Crippen LogP) is 2.79. The van der Waals surface area contributed by atoms with Gasteiger partial charge in [-0.05, 0) is 51.7 Å². The molecule has 3 heteroatoms. The maximum absolute atomic E-state index is 5.90. The van der Waals surface area contributed by atoms with Gasteiger partial charge in [-0.25, -0.2) is 0 Å². The molecule has 108 valence electrons. The second-order valence-electron chi connectivity index (χ2n) is 5.56. The van der Waals surface area contributed by atoms with Crippen LogP contribution in [0.2, 0.25) is 0 Å². The van der Waals surface area contributed by atoms with Crippen LogP contribution in [0.3, 0.4) is 0 Å². The van der Waals surface area contributed by atoms with E-state index in [-0.39, 0.29) is 0 Å². The molecule has 1 rings (SSSR count). The lowest BCUT2D eigenvalue weighted by atomic mass is 10.1. The summed E-state index contributed by atoms with van der Waals surface area (Å²) < 4.78 is 5.56. The van der Waals surface area contributed by atoms with Crippen molar-refractivity contribution >= 4 is 0 Å². The van der Waals surface area contributed by atoms with Crippen LogP contribution < -0.4 is 5.73 Å². The van der Waals surface area contributed by atoms with Crippen molar-refractivity contribution in [1.82, 2.24) is 4.90 Å². The highest BCUT2D eigenvalue weighted by Crippen LogP contribution is 2.10. The lowest BCUT2D eigenvalue weighted by Gasteiger charge is -2.29. The molecule has 0 aromatic carbocycles. The van der Waals surface area contributed by atoms with E-state index in [4.69, 9.17) is 10.5 Å². The van der Waals surface area contributed by atoms with Gasteiger partial charge < -0.3 is 15.4 Å². The Morgan fingerprint density at radius 2 is 1.67 bits per heavy atom. The zero-order valence-electron chi connectivity index (χ0n) is 12.2. The monoisotopic (exact) mass is 256 g/mol. The standard InChI is InChI=1S/C15H32N2O/c1-2-3-13-18-14-7-5-4-6-10-17-11-8-15(16)9-12-17/h15H,2-14,16H2,1H3. The van der Waals surface area contributed by atoms with Crippen molar-refractivity contribution in [1.29, 1.82) is 0 Å². The van der Waals surface area contributed by atoms with Crippen LogP contribution in [0.5, 0.6) is 0 Å². The summed E-state index contributed by atoms with van der Waals surface area (Å²) in [7, 11) is 0. The van der Waals surface area contributed by atoms with E-state index in [1.165, 1.54) is 71.0 Å². The van der Waals surface area contributed by atoms with Crippen LogP contribution in [0.4, 0.5) is 0 Å². The van der Waals surface area contributed by atoms with Crippen LogP contribution in [-0.4, -0.2) is 43.8 Å². The summed E-state index contributed by atoms with van der Waals surface area (Å²) in [4.78, 5) is 2.57. The topological polar surface area (TPSA) is 38.5 Å². The molecule has 1 fully saturated rings. The predicted molar refractivity (Wildman–Crippen MR) is 77.8 cm³/mol. The molecular weight excluding hydrogens is 224 g/mol. The number of rotatable bonds is 10. The van der Waals surface area contributed by atoms with Crippen molar-refractivity contribution in [3.63, 3.8) is 0 Å². The van der Waals surface area contributed by atoms with E-state index in [1.807, 2.05) is 0 Å². The molecule has 1 aliphatic heterocycles. The molecule has 0 aromatic heterocycles. The van der Waals surface area contributed by atoms with Gasteiger partial charge in [0.05, 0.1) is 0 Å². The third-order valence-corrected chi connectivity index (χ3v) is 3.79. The van der Waals surface area contributed by atoms with Gasteiger partial charge in [0, 0.05) is 19.3 Å². The smallest absolute Gasteiger partial charge is 0.0466 e. The minimum atomic E-state index is 0.460. The number of hydrogen-bond acceptors (Lipinski definition) is 3. The quantitative estimate of drug-likeness (QED) is 0.611. The Kier molecular flexibility index (Phi) is 9.54. The van der Waals surface area contributed by atoms with Gasteiger partial charge in [0.2, 0.25) is 0 Å². The first-order valence-electron chi connectivity index (χ1n) is 7.88. The number of hydrogen-bond donors (Lipinski definition) is 1. The van der Waals surface area contributed by atoms with Crippen LogP contribution in [0.1, 0.15) is 58.3 Å². The van der Waals surface area contributed by atoms with Gasteiger partial charge in [0.1, 0.15) is 0 Å². The highest BCUT2D eigenvalue weighted by molar-refractivity contribution is 4.73. The van der Waals surface area contributed by atoms with Gasteiger partial charge in [-0.1, -0.05) is 26.2 Å². The molecule has 18 heavy (non-hydrogen) atoms. The number of piperidine rings is 1. The van der Waals surface area contributed by atoms with Crippen LogP contribution in [0.15, 0.2) is 0 Å². The normalized spacial score (nSPS) is 18.3. The van der Waals surface area contributed by atoms with E-state index in [0.717, 1.165) is 13.2 Å². The molecule has 0 radical (unpaired) electrons. The molecule has 0 atom stereocenters. The van der Waals surface area contributed by atoms with E-state index in [0.29, 0.717) is 6.04 Å². The average molecular weight is 256 g/mol. The Balaban J connectivity index is 1.78. The second kappa shape index (κ2) is 10.8. The molecular formula is C15H32N2O. The lowest BCUT2D eigenvalue weighted by molar-refractivity contribution is 0.126. The Morgan fingerprint density at radius 3 is 2.39 bits per heavy atom. The SMILES string of the molecule is CCCCOCCCCCCN1CCC(N)CC1. The van der Waals surface area contributed by atoms with Crippen LogP contribution in [-0.2, 0) is 4.74 Å². The van der Waals surface area contributed by atoms with Crippen molar-refractivity contribution in [2.45, 2.75) is 64.3 Å². The highest BCUT2D eigenvalue weighted by Gasteiger charge is 2.14. The third-order valence-electron chi connectivity index (χ3n) is 3.79.